The Morgan fingerprint density at radius 1 is 1.44 bits per heavy atom. The van der Waals surface area contributed by atoms with Crippen molar-refractivity contribution in [2.24, 2.45) is 5.73 Å². The normalized spacial score (nSPS) is 12.5. The SMILES string of the molecule is N#CC(N)CCSc1cc2ccccc2[nH]1. The molecule has 2 rings (SSSR count). The van der Waals surface area contributed by atoms with Crippen LogP contribution in [0.4, 0.5) is 0 Å². The second-order valence-corrected chi connectivity index (χ2v) is 4.73. The first-order valence-electron chi connectivity index (χ1n) is 5.15. The van der Waals surface area contributed by atoms with Crippen molar-refractivity contribution in [1.29, 1.82) is 5.26 Å². The van der Waals surface area contributed by atoms with Crippen molar-refractivity contribution in [3.8, 4) is 6.07 Å². The fourth-order valence-electron chi connectivity index (χ4n) is 1.48. The van der Waals surface area contributed by atoms with E-state index in [1.54, 1.807) is 11.8 Å². The zero-order valence-electron chi connectivity index (χ0n) is 8.81. The molecule has 0 saturated heterocycles. The van der Waals surface area contributed by atoms with Gasteiger partial charge in [-0.25, -0.2) is 0 Å². The highest BCUT2D eigenvalue weighted by Gasteiger charge is 2.03. The van der Waals surface area contributed by atoms with Gasteiger partial charge in [-0.15, -0.1) is 11.8 Å². The number of nitrogens with zero attached hydrogens (tertiary/aromatic N) is 1. The molecule has 1 atom stereocenters. The van der Waals surface area contributed by atoms with E-state index >= 15 is 0 Å². The number of aromatic nitrogens is 1. The van der Waals surface area contributed by atoms with E-state index in [0.29, 0.717) is 0 Å². The molecular weight excluding hydrogens is 218 g/mol. The van der Waals surface area contributed by atoms with Gasteiger partial charge in [-0.3, -0.25) is 0 Å². The fourth-order valence-corrected chi connectivity index (χ4v) is 2.47. The third kappa shape index (κ3) is 2.57. The molecule has 3 N–H and O–H groups in total. The fraction of sp³-hybridized carbons (Fsp3) is 0.250. The average Bonchev–Trinajstić information content (AvgIpc) is 2.71. The Labute approximate surface area is 98.6 Å². The van der Waals surface area contributed by atoms with Crippen LogP contribution >= 0.6 is 11.8 Å². The van der Waals surface area contributed by atoms with Gasteiger partial charge in [-0.05, 0) is 18.6 Å². The largest absolute Gasteiger partial charge is 0.350 e. The van der Waals surface area contributed by atoms with Gasteiger partial charge in [0, 0.05) is 16.7 Å². The molecule has 0 saturated carbocycles. The monoisotopic (exact) mass is 231 g/mol. The van der Waals surface area contributed by atoms with Gasteiger partial charge in [0.2, 0.25) is 0 Å². The van der Waals surface area contributed by atoms with Gasteiger partial charge in [-0.2, -0.15) is 5.26 Å². The summed E-state index contributed by atoms with van der Waals surface area (Å²) >= 11 is 1.70. The molecule has 0 fully saturated rings. The van der Waals surface area contributed by atoms with Crippen molar-refractivity contribution in [1.82, 2.24) is 4.98 Å². The maximum absolute atomic E-state index is 8.55. The first-order chi connectivity index (χ1) is 7.79. The molecule has 16 heavy (non-hydrogen) atoms. The van der Waals surface area contributed by atoms with Crippen LogP contribution in [0.3, 0.4) is 0 Å². The molecule has 0 spiro atoms. The lowest BCUT2D eigenvalue weighted by Gasteiger charge is -2.00. The van der Waals surface area contributed by atoms with E-state index < -0.39 is 0 Å². The summed E-state index contributed by atoms with van der Waals surface area (Å²) in [5, 5.41) is 10.9. The molecule has 4 heteroatoms. The van der Waals surface area contributed by atoms with E-state index in [9.17, 15) is 0 Å². The summed E-state index contributed by atoms with van der Waals surface area (Å²) in [7, 11) is 0. The van der Waals surface area contributed by atoms with Crippen molar-refractivity contribution in [2.45, 2.75) is 17.5 Å². The highest BCUT2D eigenvalue weighted by Crippen LogP contribution is 2.23. The molecule has 82 valence electrons. The lowest BCUT2D eigenvalue weighted by Crippen LogP contribution is -2.17. The summed E-state index contributed by atoms with van der Waals surface area (Å²) in [5.74, 6) is 0.863. The van der Waals surface area contributed by atoms with Crippen LogP contribution < -0.4 is 5.73 Å². The molecule has 0 aliphatic rings. The van der Waals surface area contributed by atoms with Crippen molar-refractivity contribution in [2.75, 3.05) is 5.75 Å². The van der Waals surface area contributed by atoms with E-state index in [2.05, 4.69) is 23.2 Å². The highest BCUT2D eigenvalue weighted by molar-refractivity contribution is 7.99. The molecule has 1 heterocycles. The van der Waals surface area contributed by atoms with Gasteiger partial charge in [0.05, 0.1) is 17.1 Å². The lowest BCUT2D eigenvalue weighted by molar-refractivity contribution is 0.803. The van der Waals surface area contributed by atoms with Gasteiger partial charge < -0.3 is 10.7 Å². The van der Waals surface area contributed by atoms with Crippen LogP contribution in [-0.2, 0) is 0 Å². The van der Waals surface area contributed by atoms with Crippen LogP contribution in [0.15, 0.2) is 35.4 Å². The lowest BCUT2D eigenvalue weighted by atomic mass is 10.3. The van der Waals surface area contributed by atoms with E-state index in [-0.39, 0.29) is 6.04 Å². The Kier molecular flexibility index (Phi) is 3.50. The summed E-state index contributed by atoms with van der Waals surface area (Å²) < 4.78 is 0. The van der Waals surface area contributed by atoms with Crippen LogP contribution in [-0.4, -0.2) is 16.8 Å². The molecule has 0 aliphatic carbocycles. The first kappa shape index (κ1) is 11.1. The van der Waals surface area contributed by atoms with Crippen molar-refractivity contribution >= 4 is 22.7 Å². The number of hydrogen-bond donors (Lipinski definition) is 2. The predicted octanol–water partition coefficient (Wildman–Crippen LogP) is 2.50. The summed E-state index contributed by atoms with van der Waals surface area (Å²) in [6, 6.07) is 12.0. The maximum atomic E-state index is 8.55. The molecule has 1 aromatic heterocycles. The molecule has 1 aromatic carbocycles. The summed E-state index contributed by atoms with van der Waals surface area (Å²) in [5.41, 5.74) is 6.68. The third-order valence-electron chi connectivity index (χ3n) is 2.36. The number of nitriles is 1. The minimum Gasteiger partial charge on any atom is -0.350 e. The topological polar surface area (TPSA) is 65.6 Å². The quantitative estimate of drug-likeness (QED) is 0.794. The summed E-state index contributed by atoms with van der Waals surface area (Å²) in [6.45, 7) is 0. The molecule has 0 bridgehead atoms. The van der Waals surface area contributed by atoms with Crippen molar-refractivity contribution in [3.63, 3.8) is 0 Å². The van der Waals surface area contributed by atoms with Gasteiger partial charge in [-0.1, -0.05) is 18.2 Å². The third-order valence-corrected chi connectivity index (χ3v) is 3.33. The number of para-hydroxylation sites is 1. The Morgan fingerprint density at radius 2 is 2.25 bits per heavy atom. The smallest absolute Gasteiger partial charge is 0.0936 e. The standard InChI is InChI=1S/C12H13N3S/c13-8-10(14)5-6-16-12-7-9-3-1-2-4-11(9)15-12/h1-4,7,10,15H,5-6,14H2. The Hall–Kier alpha value is -1.44. The number of hydrogen-bond acceptors (Lipinski definition) is 3. The number of aromatic amines is 1. The number of nitrogens with one attached hydrogen (secondary N) is 1. The van der Waals surface area contributed by atoms with Gasteiger partial charge in [0.25, 0.3) is 0 Å². The van der Waals surface area contributed by atoms with Gasteiger partial charge in [0.1, 0.15) is 0 Å². The van der Waals surface area contributed by atoms with Crippen LogP contribution in [0.1, 0.15) is 6.42 Å². The zero-order valence-corrected chi connectivity index (χ0v) is 9.63. The molecule has 0 amide bonds. The number of thioether (sulfide) groups is 1. The van der Waals surface area contributed by atoms with Gasteiger partial charge >= 0.3 is 0 Å². The van der Waals surface area contributed by atoms with E-state index in [1.807, 2.05) is 18.2 Å². The molecule has 2 aromatic rings. The molecule has 0 radical (unpaired) electrons. The number of nitrogens with two attached hydrogens (primary N) is 1. The Morgan fingerprint density at radius 3 is 3.00 bits per heavy atom. The number of H-pyrrole nitrogens is 1. The number of rotatable bonds is 4. The highest BCUT2D eigenvalue weighted by atomic mass is 32.2. The summed E-state index contributed by atoms with van der Waals surface area (Å²) in [6.07, 6.45) is 0.719. The first-order valence-corrected chi connectivity index (χ1v) is 6.14. The van der Waals surface area contributed by atoms with E-state index in [4.69, 9.17) is 11.0 Å². The van der Waals surface area contributed by atoms with Crippen LogP contribution in [0.25, 0.3) is 10.9 Å². The number of benzene rings is 1. The summed E-state index contributed by atoms with van der Waals surface area (Å²) in [4.78, 5) is 3.33. The molecule has 1 unspecified atom stereocenters. The van der Waals surface area contributed by atoms with Gasteiger partial charge in [0.15, 0.2) is 0 Å². The minimum absolute atomic E-state index is 0.350. The van der Waals surface area contributed by atoms with Crippen LogP contribution in [0, 0.1) is 11.3 Å². The second-order valence-electron chi connectivity index (χ2n) is 3.59. The maximum Gasteiger partial charge on any atom is 0.0936 e. The predicted molar refractivity (Wildman–Crippen MR) is 67.2 cm³/mol. The van der Waals surface area contributed by atoms with Crippen molar-refractivity contribution < 1.29 is 0 Å². The van der Waals surface area contributed by atoms with Crippen LogP contribution in [0.5, 0.6) is 0 Å². The molecule has 0 aliphatic heterocycles. The average molecular weight is 231 g/mol. The van der Waals surface area contributed by atoms with Crippen LogP contribution in [0.2, 0.25) is 0 Å². The second kappa shape index (κ2) is 5.06. The number of fused-ring (bicyclic) bond motifs is 1. The zero-order chi connectivity index (χ0) is 11.4. The molecule has 3 nitrogen and oxygen atoms in total. The Bertz CT molecular complexity index is 479. The van der Waals surface area contributed by atoms with Crippen molar-refractivity contribution in [3.05, 3.63) is 30.3 Å². The van der Waals surface area contributed by atoms with E-state index in [1.165, 1.54) is 5.39 Å². The Balaban J connectivity index is 1.97. The minimum atomic E-state index is -0.350. The molecular formula is C12H13N3S. The van der Waals surface area contributed by atoms with E-state index in [0.717, 1.165) is 22.7 Å².